The van der Waals surface area contributed by atoms with Gasteiger partial charge in [0.15, 0.2) is 5.54 Å². The Kier molecular flexibility index (Phi) is 8.37. The third-order valence-corrected chi connectivity index (χ3v) is 11.1. The van der Waals surface area contributed by atoms with E-state index < -0.39 is 54.8 Å². The number of hydrogen-bond acceptors (Lipinski definition) is 10. The van der Waals surface area contributed by atoms with Crippen LogP contribution in [0.4, 0.5) is 5.69 Å². The monoisotopic (exact) mass is 736 g/mol. The van der Waals surface area contributed by atoms with Gasteiger partial charge in [-0.2, -0.15) is 16.8 Å². The van der Waals surface area contributed by atoms with Crippen molar-refractivity contribution in [1.82, 2.24) is 4.58 Å². The quantitative estimate of drug-likeness (QED) is 0.159. The van der Waals surface area contributed by atoms with Crippen molar-refractivity contribution >= 4 is 54.6 Å². The molecule has 0 spiro atoms. The summed E-state index contributed by atoms with van der Waals surface area (Å²) in [4.78, 5) is 27.1. The topological polar surface area (TPSA) is 191 Å². The molecule has 0 unspecified atom stereocenters. The molecule has 0 aromatic heterocycles. The maximum absolute atomic E-state index is 12.7. The minimum atomic E-state index is -4.48. The fraction of sp³-hybridized carbons (Fsp3) is 0.306. The Morgan fingerprint density at radius 1 is 0.863 bits per heavy atom. The van der Waals surface area contributed by atoms with Crippen molar-refractivity contribution in [3.8, 4) is 11.5 Å². The summed E-state index contributed by atoms with van der Waals surface area (Å²) in [6.07, 6.45) is 3.45. The number of esters is 1. The fourth-order valence-electron chi connectivity index (χ4n) is 6.95. The van der Waals surface area contributed by atoms with Crippen molar-refractivity contribution in [2.45, 2.75) is 38.8 Å². The van der Waals surface area contributed by atoms with Crippen LogP contribution in [0.2, 0.25) is 0 Å². The number of carbonyl (C=O) groups excluding carboxylic acids is 2. The number of aromatic carboxylic acids is 1. The third-order valence-electron chi connectivity index (χ3n) is 9.76. The van der Waals surface area contributed by atoms with Crippen LogP contribution >= 0.6 is 0 Å². The van der Waals surface area contributed by atoms with E-state index in [0.29, 0.717) is 61.2 Å². The first-order valence-electron chi connectivity index (χ1n) is 15.7. The van der Waals surface area contributed by atoms with Crippen LogP contribution in [0.25, 0.3) is 16.7 Å². The molecule has 3 aliphatic rings. The minimum Gasteiger partial charge on any atom is -0.545 e. The summed E-state index contributed by atoms with van der Waals surface area (Å²) in [6, 6.07) is 10.7. The van der Waals surface area contributed by atoms with Crippen LogP contribution in [0.15, 0.2) is 54.6 Å². The number of ether oxygens (including phenoxy) is 2. The second-order valence-electron chi connectivity index (χ2n) is 14.0. The Morgan fingerprint density at radius 2 is 1.49 bits per heavy atom. The summed E-state index contributed by atoms with van der Waals surface area (Å²) in [5.41, 5.74) is 1.03. The van der Waals surface area contributed by atoms with E-state index in [2.05, 4.69) is 0 Å². The van der Waals surface area contributed by atoms with Crippen molar-refractivity contribution in [2.75, 3.05) is 37.6 Å². The summed E-state index contributed by atoms with van der Waals surface area (Å²) in [5, 5.41) is 13.7. The van der Waals surface area contributed by atoms with E-state index in [1.165, 1.54) is 12.1 Å². The summed E-state index contributed by atoms with van der Waals surface area (Å²) in [5.74, 6) is -3.18. The van der Waals surface area contributed by atoms with Crippen molar-refractivity contribution < 1.29 is 50.1 Å². The summed E-state index contributed by atoms with van der Waals surface area (Å²) < 4.78 is 81.9. The average Bonchev–Trinajstić information content (AvgIpc) is 3.01. The first-order valence-corrected chi connectivity index (χ1v) is 18.9. The van der Waals surface area contributed by atoms with E-state index in [1.54, 1.807) is 36.4 Å². The number of methoxy groups -OCH3 is 1. The highest BCUT2D eigenvalue weighted by atomic mass is 32.2. The van der Waals surface area contributed by atoms with Crippen LogP contribution < -0.4 is 29.9 Å². The van der Waals surface area contributed by atoms with Crippen LogP contribution in [0, 0.1) is 0 Å². The van der Waals surface area contributed by atoms with Gasteiger partial charge in [-0.3, -0.25) is 9.11 Å². The number of anilines is 1. The van der Waals surface area contributed by atoms with Crippen LogP contribution in [0.1, 0.15) is 70.7 Å². The number of rotatable bonds is 7. The van der Waals surface area contributed by atoms with Gasteiger partial charge in [-0.1, -0.05) is 12.1 Å². The molecule has 0 saturated heterocycles. The normalized spacial score (nSPS) is 17.2. The maximum atomic E-state index is 12.7. The highest BCUT2D eigenvalue weighted by Crippen LogP contribution is 2.46. The zero-order chi connectivity index (χ0) is 37.6. The number of likely N-dealkylation sites (N-methyl/N-ethyl adjacent to an activating group) is 2. The van der Waals surface area contributed by atoms with Gasteiger partial charge < -0.3 is 24.3 Å². The lowest BCUT2D eigenvalue weighted by atomic mass is 9.83. The van der Waals surface area contributed by atoms with Gasteiger partial charge in [0.1, 0.15) is 30.1 Å². The van der Waals surface area contributed by atoms with Gasteiger partial charge in [0.25, 0.3) is 20.2 Å². The molecule has 268 valence electrons. The van der Waals surface area contributed by atoms with Gasteiger partial charge in [-0.25, -0.2) is 9.37 Å². The SMILES string of the molecule is COC(=O)c1ccc(C2=c3cc4c(cc3Oc3cc5c(cc32)C(CS(=O)(=O)O)=CC(C)(C)N5C)=[N+](C)C(C)(C)C=C4CS(=O)(=O)O)c(C(=O)[O-])c1. The smallest absolute Gasteiger partial charge is 0.337 e. The Balaban J connectivity index is 1.78. The van der Waals surface area contributed by atoms with Gasteiger partial charge in [-0.05, 0) is 60.9 Å². The van der Waals surface area contributed by atoms with E-state index in [1.807, 2.05) is 51.3 Å². The Labute approximate surface area is 294 Å². The molecule has 15 heteroatoms. The number of carboxylic acids is 1. The molecule has 0 fully saturated rings. The highest BCUT2D eigenvalue weighted by Gasteiger charge is 2.37. The fourth-order valence-corrected chi connectivity index (χ4v) is 8.22. The predicted molar refractivity (Wildman–Crippen MR) is 188 cm³/mol. The number of fused-ring (bicyclic) bond motifs is 4. The largest absolute Gasteiger partial charge is 0.545 e. The lowest BCUT2D eigenvalue weighted by molar-refractivity contribution is -0.255. The van der Waals surface area contributed by atoms with Gasteiger partial charge in [0.2, 0.25) is 5.36 Å². The molecule has 6 rings (SSSR count). The van der Waals surface area contributed by atoms with Gasteiger partial charge in [-0.15, -0.1) is 0 Å². The molecule has 0 radical (unpaired) electrons. The van der Waals surface area contributed by atoms with E-state index in [-0.39, 0.29) is 16.7 Å². The van der Waals surface area contributed by atoms with Crippen LogP contribution in [0.5, 0.6) is 11.5 Å². The second kappa shape index (κ2) is 11.9. The Bertz CT molecular complexity index is 2510. The first-order chi connectivity index (χ1) is 23.5. The molecule has 3 aromatic rings. The molecule has 3 aromatic carbocycles. The Morgan fingerprint density at radius 3 is 2.08 bits per heavy atom. The lowest BCUT2D eigenvalue weighted by Gasteiger charge is -2.41. The van der Waals surface area contributed by atoms with Crippen molar-refractivity contribution in [3.05, 3.63) is 98.6 Å². The standard InChI is InChI=1S/C36H36N2O11S2/c1-35(2)15-20(17-50(42,43)44)23-11-26-30(13-28(23)37(35)5)49-31-14-29-24(21(18-51(45,46)47)16-36(3,4)38(29)6)12-27(31)32(26)22-9-8-19(34(41)48-7)10-25(22)33(39)40/h8-16H,17-18H2,1-7H3,(H2-,39,40,42,43,44,45,46,47). The van der Waals surface area contributed by atoms with E-state index in [0.717, 1.165) is 13.2 Å². The number of carboxylic acid groups (broad SMARTS) is 1. The molecule has 0 aliphatic carbocycles. The molecule has 3 aliphatic heterocycles. The molecule has 0 bridgehead atoms. The van der Waals surface area contributed by atoms with Crippen LogP contribution in [-0.4, -0.2) is 81.7 Å². The second-order valence-corrected chi connectivity index (χ2v) is 16.9. The molecule has 0 amide bonds. The van der Waals surface area contributed by atoms with Crippen molar-refractivity contribution in [3.63, 3.8) is 0 Å². The molecule has 2 N–H and O–H groups in total. The average molecular weight is 737 g/mol. The number of benzene rings is 3. The summed E-state index contributed by atoms with van der Waals surface area (Å²) in [7, 11) is -4.16. The molecule has 51 heavy (non-hydrogen) atoms. The van der Waals surface area contributed by atoms with E-state index >= 15 is 0 Å². The zero-order valence-electron chi connectivity index (χ0n) is 28.9. The molecular formula is C36H36N2O11S2. The van der Waals surface area contributed by atoms with Gasteiger partial charge in [0.05, 0.1) is 35.8 Å². The van der Waals surface area contributed by atoms with Crippen molar-refractivity contribution in [1.29, 1.82) is 0 Å². The molecule has 13 nitrogen and oxygen atoms in total. The highest BCUT2D eigenvalue weighted by molar-refractivity contribution is 7.86. The maximum Gasteiger partial charge on any atom is 0.337 e. The molecule has 3 heterocycles. The number of carbonyl (C=O) groups is 2. The van der Waals surface area contributed by atoms with E-state index in [4.69, 9.17) is 9.47 Å². The van der Waals surface area contributed by atoms with Crippen LogP contribution in [-0.2, 0) is 25.0 Å². The van der Waals surface area contributed by atoms with E-state index in [9.17, 15) is 40.6 Å². The lowest BCUT2D eigenvalue weighted by Crippen LogP contribution is -2.47. The Hall–Kier alpha value is -4.83. The van der Waals surface area contributed by atoms with Gasteiger partial charge >= 0.3 is 5.97 Å². The van der Waals surface area contributed by atoms with Gasteiger partial charge in [0, 0.05) is 60.1 Å². The third kappa shape index (κ3) is 6.46. The zero-order valence-corrected chi connectivity index (χ0v) is 30.5. The predicted octanol–water partition coefficient (Wildman–Crippen LogP) is 1.87. The molecular weight excluding hydrogens is 701 g/mol. The summed E-state index contributed by atoms with van der Waals surface area (Å²) >= 11 is 0. The molecule has 0 atom stereocenters. The van der Waals surface area contributed by atoms with Crippen LogP contribution in [0.3, 0.4) is 0 Å². The minimum absolute atomic E-state index is 0.0473. The number of hydrogen-bond donors (Lipinski definition) is 2. The van der Waals surface area contributed by atoms with Crippen molar-refractivity contribution in [2.24, 2.45) is 0 Å². The number of nitrogens with zero attached hydrogens (tertiary/aromatic N) is 2. The molecule has 0 saturated carbocycles. The summed E-state index contributed by atoms with van der Waals surface area (Å²) in [6.45, 7) is 7.51. The first kappa shape index (κ1) is 36.0.